The van der Waals surface area contributed by atoms with Crippen molar-refractivity contribution in [3.63, 3.8) is 0 Å². The number of nitrogens with zero attached hydrogens (tertiary/aromatic N) is 2. The summed E-state index contributed by atoms with van der Waals surface area (Å²) in [5, 5.41) is 7.93. The zero-order valence-electron chi connectivity index (χ0n) is 16.2. The van der Waals surface area contributed by atoms with Gasteiger partial charge in [-0.1, -0.05) is 85.8 Å². The Morgan fingerprint density at radius 2 is 1.55 bits per heavy atom. The zero-order valence-corrected chi connectivity index (χ0v) is 16.2. The average Bonchev–Trinajstić information content (AvgIpc) is 3.32. The topological polar surface area (TPSA) is 46.9 Å². The van der Waals surface area contributed by atoms with Crippen LogP contribution in [0.4, 0.5) is 0 Å². The zero-order chi connectivity index (χ0) is 19.8. The van der Waals surface area contributed by atoms with E-state index in [0.717, 1.165) is 34.5 Å². The van der Waals surface area contributed by atoms with E-state index in [1.165, 1.54) is 5.56 Å². The van der Waals surface area contributed by atoms with Crippen molar-refractivity contribution in [2.75, 3.05) is 0 Å². The molecule has 4 nitrogen and oxygen atoms in total. The van der Waals surface area contributed by atoms with Gasteiger partial charge in [0.1, 0.15) is 0 Å². The lowest BCUT2D eigenvalue weighted by Crippen LogP contribution is -2.22. The van der Waals surface area contributed by atoms with Gasteiger partial charge in [-0.2, -0.15) is 5.10 Å². The number of nitrogens with one attached hydrogen (secondary N) is 1. The van der Waals surface area contributed by atoms with Crippen LogP contribution in [0.3, 0.4) is 0 Å². The second-order valence-electron chi connectivity index (χ2n) is 7.19. The highest BCUT2D eigenvalue weighted by atomic mass is 16.2. The molecule has 1 atom stereocenters. The Morgan fingerprint density at radius 1 is 0.897 bits per heavy atom. The summed E-state index contributed by atoms with van der Waals surface area (Å²) in [5.74, 6) is -0.126. The van der Waals surface area contributed by atoms with E-state index in [1.807, 2.05) is 65.3 Å². The molecule has 1 N–H and O–H groups in total. The van der Waals surface area contributed by atoms with Gasteiger partial charge in [-0.3, -0.25) is 4.79 Å². The molecular formula is C25H21N3O. The lowest BCUT2D eigenvalue weighted by atomic mass is 9.96. The highest BCUT2D eigenvalue weighted by molar-refractivity contribution is 6.00. The molecule has 0 saturated carbocycles. The van der Waals surface area contributed by atoms with E-state index in [9.17, 15) is 4.79 Å². The summed E-state index contributed by atoms with van der Waals surface area (Å²) in [6, 6.07) is 28.3. The SMILES string of the molecule is CCc1ccccc1-n1nc2c(c1-c1ccccc1)C(c1ccccc1)NC2=O. The number of aryl methyl sites for hydroxylation is 1. The van der Waals surface area contributed by atoms with Crippen LogP contribution in [0.5, 0.6) is 0 Å². The molecule has 0 saturated heterocycles. The van der Waals surface area contributed by atoms with E-state index in [-0.39, 0.29) is 11.9 Å². The summed E-state index contributed by atoms with van der Waals surface area (Å²) in [5.41, 5.74) is 6.73. The van der Waals surface area contributed by atoms with Gasteiger partial charge in [-0.05, 0) is 23.6 Å². The molecule has 1 unspecified atom stereocenters. The van der Waals surface area contributed by atoms with E-state index in [2.05, 4.69) is 36.5 Å². The standard InChI is InChI=1S/C25H21N3O/c1-2-17-11-9-10-16-20(17)28-24(19-14-7-4-8-15-19)21-22(18-12-5-3-6-13-18)26-25(29)23(21)27-28/h3-16,22H,2H2,1H3,(H,26,29). The summed E-state index contributed by atoms with van der Waals surface area (Å²) < 4.78 is 1.95. The first-order valence-electron chi connectivity index (χ1n) is 9.90. The summed E-state index contributed by atoms with van der Waals surface area (Å²) in [4.78, 5) is 12.8. The van der Waals surface area contributed by atoms with Gasteiger partial charge in [0.2, 0.25) is 0 Å². The van der Waals surface area contributed by atoms with Gasteiger partial charge < -0.3 is 5.32 Å². The molecule has 1 aromatic heterocycles. The molecule has 29 heavy (non-hydrogen) atoms. The minimum atomic E-state index is -0.212. The maximum absolute atomic E-state index is 12.8. The van der Waals surface area contributed by atoms with Crippen molar-refractivity contribution in [3.05, 3.63) is 107 Å². The van der Waals surface area contributed by atoms with Gasteiger partial charge in [0.15, 0.2) is 5.69 Å². The van der Waals surface area contributed by atoms with Crippen LogP contribution in [-0.4, -0.2) is 15.7 Å². The third-order valence-electron chi connectivity index (χ3n) is 5.48. The first-order chi connectivity index (χ1) is 14.3. The summed E-state index contributed by atoms with van der Waals surface area (Å²) >= 11 is 0. The Morgan fingerprint density at radius 3 is 2.28 bits per heavy atom. The highest BCUT2D eigenvalue weighted by Crippen LogP contribution is 2.40. The Hall–Kier alpha value is -3.66. The molecule has 1 aliphatic heterocycles. The van der Waals surface area contributed by atoms with E-state index in [0.29, 0.717) is 5.69 Å². The van der Waals surface area contributed by atoms with Crippen LogP contribution in [0.25, 0.3) is 16.9 Å². The quantitative estimate of drug-likeness (QED) is 0.546. The lowest BCUT2D eigenvalue weighted by Gasteiger charge is -2.17. The van der Waals surface area contributed by atoms with E-state index < -0.39 is 0 Å². The van der Waals surface area contributed by atoms with Crippen molar-refractivity contribution in [2.24, 2.45) is 0 Å². The first-order valence-corrected chi connectivity index (χ1v) is 9.90. The van der Waals surface area contributed by atoms with Gasteiger partial charge in [0.05, 0.1) is 17.4 Å². The van der Waals surface area contributed by atoms with Crippen LogP contribution in [0.2, 0.25) is 0 Å². The molecule has 0 fully saturated rings. The molecule has 1 amide bonds. The molecule has 0 spiro atoms. The summed E-state index contributed by atoms with van der Waals surface area (Å²) in [6.07, 6.45) is 0.892. The first kappa shape index (κ1) is 17.4. The third kappa shape index (κ3) is 2.85. The van der Waals surface area contributed by atoms with Crippen LogP contribution < -0.4 is 5.32 Å². The monoisotopic (exact) mass is 379 g/mol. The number of carbonyl (C=O) groups excluding carboxylic acids is 1. The normalized spacial score (nSPS) is 15.2. The molecule has 0 bridgehead atoms. The van der Waals surface area contributed by atoms with Gasteiger partial charge in [0.25, 0.3) is 5.91 Å². The van der Waals surface area contributed by atoms with Crippen molar-refractivity contribution in [3.8, 4) is 16.9 Å². The highest BCUT2D eigenvalue weighted by Gasteiger charge is 2.37. The number of fused-ring (bicyclic) bond motifs is 1. The molecule has 3 aromatic carbocycles. The van der Waals surface area contributed by atoms with Crippen molar-refractivity contribution >= 4 is 5.91 Å². The Kier molecular flexibility index (Phi) is 4.24. The number of benzene rings is 3. The molecule has 0 aliphatic carbocycles. The van der Waals surface area contributed by atoms with Crippen molar-refractivity contribution in [2.45, 2.75) is 19.4 Å². The molecule has 4 heteroatoms. The molecule has 2 heterocycles. The third-order valence-corrected chi connectivity index (χ3v) is 5.48. The number of rotatable bonds is 4. The largest absolute Gasteiger partial charge is 0.340 e. The molecular weight excluding hydrogens is 358 g/mol. The second-order valence-corrected chi connectivity index (χ2v) is 7.19. The van der Waals surface area contributed by atoms with Crippen LogP contribution in [0.15, 0.2) is 84.9 Å². The van der Waals surface area contributed by atoms with Crippen LogP contribution in [0.1, 0.15) is 40.1 Å². The van der Waals surface area contributed by atoms with Crippen LogP contribution in [-0.2, 0) is 6.42 Å². The number of para-hydroxylation sites is 1. The van der Waals surface area contributed by atoms with Gasteiger partial charge in [-0.15, -0.1) is 0 Å². The summed E-state index contributed by atoms with van der Waals surface area (Å²) in [7, 11) is 0. The average molecular weight is 379 g/mol. The van der Waals surface area contributed by atoms with Gasteiger partial charge in [-0.25, -0.2) is 4.68 Å². The van der Waals surface area contributed by atoms with E-state index >= 15 is 0 Å². The minimum absolute atomic E-state index is 0.126. The number of hydrogen-bond acceptors (Lipinski definition) is 2. The number of aromatic nitrogens is 2. The van der Waals surface area contributed by atoms with Gasteiger partial charge in [0, 0.05) is 11.1 Å². The molecule has 1 aliphatic rings. The fraction of sp³-hybridized carbons (Fsp3) is 0.120. The smallest absolute Gasteiger partial charge is 0.272 e. The molecule has 4 aromatic rings. The Bertz CT molecular complexity index is 1180. The number of carbonyl (C=O) groups is 1. The molecule has 0 radical (unpaired) electrons. The van der Waals surface area contributed by atoms with Crippen molar-refractivity contribution in [1.29, 1.82) is 0 Å². The Balaban J connectivity index is 1.81. The van der Waals surface area contributed by atoms with Crippen molar-refractivity contribution < 1.29 is 4.79 Å². The van der Waals surface area contributed by atoms with E-state index in [4.69, 9.17) is 5.10 Å². The number of amides is 1. The molecule has 142 valence electrons. The fourth-order valence-electron chi connectivity index (χ4n) is 4.10. The maximum atomic E-state index is 12.8. The molecule has 5 rings (SSSR count). The van der Waals surface area contributed by atoms with E-state index in [1.54, 1.807) is 0 Å². The van der Waals surface area contributed by atoms with Crippen LogP contribution >= 0.6 is 0 Å². The summed E-state index contributed by atoms with van der Waals surface area (Å²) in [6.45, 7) is 2.14. The second kappa shape index (κ2) is 7.06. The van der Waals surface area contributed by atoms with Gasteiger partial charge >= 0.3 is 0 Å². The predicted octanol–water partition coefficient (Wildman–Crippen LogP) is 4.93. The Labute approximate surface area is 169 Å². The fourth-order valence-corrected chi connectivity index (χ4v) is 4.10. The lowest BCUT2D eigenvalue weighted by molar-refractivity contribution is 0.0955. The maximum Gasteiger partial charge on any atom is 0.272 e. The predicted molar refractivity (Wildman–Crippen MR) is 114 cm³/mol. The van der Waals surface area contributed by atoms with Crippen LogP contribution in [0, 0.1) is 0 Å². The number of hydrogen-bond donors (Lipinski definition) is 1. The van der Waals surface area contributed by atoms with Crippen molar-refractivity contribution in [1.82, 2.24) is 15.1 Å². The minimum Gasteiger partial charge on any atom is -0.340 e.